The standard InChI is InChI=1S/C13H25N3O3S3/c1-8(2)12-9(3)14-13(21(4,5)20)16-7-10(6-11(12)16)15-22(17,18)19/h8-10,15,20H,6-7H2,1-5H3,(H,17,18,19)/t9-,10-/m0/s1. The predicted molar refractivity (Wildman–Crippen MR) is 97.0 cm³/mol. The summed E-state index contributed by atoms with van der Waals surface area (Å²) in [5.74, 6) is 0.334. The van der Waals surface area contributed by atoms with E-state index in [2.05, 4.69) is 42.9 Å². The fraction of sp³-hybridized carbons (Fsp3) is 0.769. The SMILES string of the molecule is CC(C)C1=C2C[C@H](NS(=O)(=O)O)CN2C(S(C)(C)S)=N[C@H]1C. The Morgan fingerprint density at radius 2 is 2.00 bits per heavy atom. The van der Waals surface area contributed by atoms with Crippen molar-refractivity contribution in [3.63, 3.8) is 0 Å². The van der Waals surface area contributed by atoms with E-state index in [4.69, 9.17) is 21.2 Å². The molecule has 0 amide bonds. The fourth-order valence-corrected chi connectivity index (χ4v) is 5.41. The third-order valence-electron chi connectivity index (χ3n) is 3.87. The van der Waals surface area contributed by atoms with Crippen LogP contribution in [0.1, 0.15) is 27.2 Å². The zero-order valence-corrected chi connectivity index (χ0v) is 16.1. The minimum atomic E-state index is -4.21. The van der Waals surface area contributed by atoms with Crippen molar-refractivity contribution < 1.29 is 13.0 Å². The molecule has 2 N–H and O–H groups in total. The van der Waals surface area contributed by atoms with Gasteiger partial charge in [-0.15, -0.1) is 20.7 Å². The van der Waals surface area contributed by atoms with Crippen molar-refractivity contribution in [3.05, 3.63) is 11.3 Å². The highest BCUT2D eigenvalue weighted by Crippen LogP contribution is 2.52. The van der Waals surface area contributed by atoms with Gasteiger partial charge < -0.3 is 4.90 Å². The maximum atomic E-state index is 11.1. The van der Waals surface area contributed by atoms with Crippen molar-refractivity contribution in [1.29, 1.82) is 0 Å². The number of fused-ring (bicyclic) bond motifs is 1. The smallest absolute Gasteiger partial charge is 0.324 e. The molecular formula is C13H25N3O3S3. The van der Waals surface area contributed by atoms with Gasteiger partial charge in [0.05, 0.1) is 6.04 Å². The molecule has 0 spiro atoms. The fourth-order valence-electron chi connectivity index (χ4n) is 3.26. The van der Waals surface area contributed by atoms with Crippen LogP contribution in [0.3, 0.4) is 0 Å². The van der Waals surface area contributed by atoms with Crippen LogP contribution in [-0.2, 0) is 10.3 Å². The predicted octanol–water partition coefficient (Wildman–Crippen LogP) is 2.03. The van der Waals surface area contributed by atoms with E-state index in [0.29, 0.717) is 18.9 Å². The quantitative estimate of drug-likeness (QED) is 0.405. The van der Waals surface area contributed by atoms with Crippen molar-refractivity contribution in [2.45, 2.75) is 39.3 Å². The molecule has 0 aliphatic carbocycles. The molecule has 2 rings (SSSR count). The van der Waals surface area contributed by atoms with E-state index in [1.807, 2.05) is 0 Å². The lowest BCUT2D eigenvalue weighted by Crippen LogP contribution is -2.40. The normalized spacial score (nSPS) is 27.3. The molecule has 9 heteroatoms. The number of rotatable bonds is 3. The number of hydrogen-bond donors (Lipinski definition) is 3. The van der Waals surface area contributed by atoms with Crippen LogP contribution in [-0.4, -0.2) is 54.2 Å². The second kappa shape index (κ2) is 6.01. The van der Waals surface area contributed by atoms with Gasteiger partial charge in [-0.05, 0) is 30.9 Å². The second-order valence-electron chi connectivity index (χ2n) is 6.52. The zero-order chi connectivity index (χ0) is 16.9. The molecule has 0 aromatic carbocycles. The summed E-state index contributed by atoms with van der Waals surface area (Å²) in [6.45, 7) is 6.80. The van der Waals surface area contributed by atoms with Gasteiger partial charge in [0.25, 0.3) is 0 Å². The largest absolute Gasteiger partial charge is 0.333 e. The van der Waals surface area contributed by atoms with Gasteiger partial charge in [-0.1, -0.05) is 13.8 Å². The summed E-state index contributed by atoms with van der Waals surface area (Å²) in [6, 6.07) is -0.269. The number of hydrogen-bond acceptors (Lipinski definition) is 5. The minimum Gasteiger partial charge on any atom is -0.324 e. The van der Waals surface area contributed by atoms with E-state index in [1.165, 1.54) is 5.57 Å². The van der Waals surface area contributed by atoms with Crippen LogP contribution in [0.4, 0.5) is 0 Å². The molecule has 1 fully saturated rings. The molecule has 1 saturated heterocycles. The van der Waals surface area contributed by atoms with Crippen LogP contribution >= 0.6 is 20.7 Å². The highest BCUT2D eigenvalue weighted by molar-refractivity contribution is 8.93. The van der Waals surface area contributed by atoms with Crippen LogP contribution in [0.15, 0.2) is 16.3 Å². The summed E-state index contributed by atoms with van der Waals surface area (Å²) in [5.41, 5.74) is 2.36. The molecule has 22 heavy (non-hydrogen) atoms. The van der Waals surface area contributed by atoms with Gasteiger partial charge in [0.15, 0.2) is 5.17 Å². The van der Waals surface area contributed by atoms with Crippen molar-refractivity contribution in [2.24, 2.45) is 10.9 Å². The van der Waals surface area contributed by atoms with Gasteiger partial charge >= 0.3 is 10.3 Å². The molecule has 2 heterocycles. The van der Waals surface area contributed by atoms with E-state index in [1.54, 1.807) is 0 Å². The number of nitrogens with one attached hydrogen (secondary N) is 1. The Hall–Kier alpha value is -0.220. The molecule has 0 radical (unpaired) electrons. The molecule has 128 valence electrons. The van der Waals surface area contributed by atoms with Crippen molar-refractivity contribution in [2.75, 3.05) is 19.1 Å². The molecule has 2 aliphatic rings. The second-order valence-corrected chi connectivity index (χ2v) is 13.4. The summed E-state index contributed by atoms with van der Waals surface area (Å²) in [7, 11) is -5.54. The van der Waals surface area contributed by atoms with Gasteiger partial charge in [-0.2, -0.15) is 13.1 Å². The Kier molecular flexibility index (Phi) is 4.95. The van der Waals surface area contributed by atoms with Crippen molar-refractivity contribution in [3.8, 4) is 0 Å². The monoisotopic (exact) mass is 367 g/mol. The van der Waals surface area contributed by atoms with Crippen LogP contribution < -0.4 is 4.72 Å². The van der Waals surface area contributed by atoms with Crippen LogP contribution in [0.5, 0.6) is 0 Å². The van der Waals surface area contributed by atoms with Crippen molar-refractivity contribution in [1.82, 2.24) is 9.62 Å². The first-order chi connectivity index (χ1) is 9.90. The molecule has 2 aliphatic heterocycles. The number of amidine groups is 1. The number of aliphatic imine (C=N–C) groups is 1. The summed E-state index contributed by atoms with van der Waals surface area (Å²) >= 11 is 4.72. The molecule has 0 bridgehead atoms. The third-order valence-corrected chi connectivity index (χ3v) is 6.21. The average molecular weight is 368 g/mol. The Morgan fingerprint density at radius 3 is 2.45 bits per heavy atom. The molecular weight excluding hydrogens is 342 g/mol. The van der Waals surface area contributed by atoms with Gasteiger partial charge in [0.2, 0.25) is 0 Å². The minimum absolute atomic E-state index is 0.0738. The zero-order valence-electron chi connectivity index (χ0n) is 13.6. The van der Waals surface area contributed by atoms with E-state index < -0.39 is 19.4 Å². The summed E-state index contributed by atoms with van der Waals surface area (Å²) < 4.78 is 33.6. The first-order valence-corrected chi connectivity index (χ1v) is 12.1. The van der Waals surface area contributed by atoms with Gasteiger partial charge in [-0.25, -0.2) is 0 Å². The summed E-state index contributed by atoms with van der Waals surface area (Å²) in [5, 5.41) is 0.933. The lowest BCUT2D eigenvalue weighted by atomic mass is 9.93. The first kappa shape index (κ1) is 18.1. The molecule has 0 unspecified atom stereocenters. The molecule has 2 atom stereocenters. The topological polar surface area (TPSA) is 82.0 Å². The highest BCUT2D eigenvalue weighted by atomic mass is 33.1. The number of nitrogens with zero attached hydrogens (tertiary/aromatic N) is 2. The maximum absolute atomic E-state index is 11.1. The molecule has 0 saturated carbocycles. The highest BCUT2D eigenvalue weighted by Gasteiger charge is 2.40. The molecule has 0 aromatic heterocycles. The van der Waals surface area contributed by atoms with Crippen LogP contribution in [0.2, 0.25) is 0 Å². The van der Waals surface area contributed by atoms with E-state index in [9.17, 15) is 8.42 Å². The lowest BCUT2D eigenvalue weighted by molar-refractivity contribution is 0.448. The van der Waals surface area contributed by atoms with Crippen LogP contribution in [0, 0.1) is 5.92 Å². The maximum Gasteiger partial charge on any atom is 0.333 e. The van der Waals surface area contributed by atoms with Gasteiger partial charge in [-0.3, -0.25) is 9.55 Å². The Balaban J connectivity index is 2.42. The Morgan fingerprint density at radius 1 is 1.41 bits per heavy atom. The van der Waals surface area contributed by atoms with E-state index in [-0.39, 0.29) is 12.1 Å². The van der Waals surface area contributed by atoms with E-state index >= 15 is 0 Å². The molecule has 6 nitrogen and oxygen atoms in total. The Bertz CT molecular complexity index is 620. The van der Waals surface area contributed by atoms with Gasteiger partial charge in [0.1, 0.15) is 0 Å². The Labute approximate surface area is 139 Å². The van der Waals surface area contributed by atoms with E-state index in [0.717, 1.165) is 10.9 Å². The average Bonchev–Trinajstić information content (AvgIpc) is 2.65. The third kappa shape index (κ3) is 3.81. The number of thiol groups is 1. The summed E-state index contributed by atoms with van der Waals surface area (Å²) in [6.07, 6.45) is 4.69. The van der Waals surface area contributed by atoms with Gasteiger partial charge in [0, 0.05) is 24.7 Å². The van der Waals surface area contributed by atoms with Crippen LogP contribution in [0.25, 0.3) is 0 Å². The van der Waals surface area contributed by atoms with Crippen molar-refractivity contribution >= 4 is 36.2 Å². The molecule has 0 aromatic rings. The lowest BCUT2D eigenvalue weighted by Gasteiger charge is -2.40. The summed E-state index contributed by atoms with van der Waals surface area (Å²) in [4.78, 5) is 6.93. The first-order valence-electron chi connectivity index (χ1n) is 7.19.